The minimum absolute atomic E-state index is 0.0204. The standard InChI is InChI=1S/C30H30N2O2S/c1-30(2,3)20-27(33)31-23-15-10-16-24(19-23)35-28(22-12-5-4-6-13-22)29(34)32-26-18-9-14-21-11-7-8-17-25(21)26/h4-19,28H,20H2,1-3H3,(H,31,33)(H,32,34). The summed E-state index contributed by atoms with van der Waals surface area (Å²) in [6, 6.07) is 31.4. The van der Waals surface area contributed by atoms with E-state index in [1.54, 1.807) is 0 Å². The molecule has 2 N–H and O–H groups in total. The fraction of sp³-hybridized carbons (Fsp3) is 0.200. The van der Waals surface area contributed by atoms with Crippen molar-refractivity contribution in [2.75, 3.05) is 10.6 Å². The Balaban J connectivity index is 1.57. The van der Waals surface area contributed by atoms with Crippen LogP contribution in [-0.2, 0) is 9.59 Å². The van der Waals surface area contributed by atoms with E-state index >= 15 is 0 Å². The summed E-state index contributed by atoms with van der Waals surface area (Å²) in [5, 5.41) is 7.75. The molecule has 2 amide bonds. The number of benzene rings is 4. The summed E-state index contributed by atoms with van der Waals surface area (Å²) >= 11 is 1.47. The Kier molecular flexibility index (Phi) is 7.57. The van der Waals surface area contributed by atoms with Crippen molar-refractivity contribution >= 4 is 45.7 Å². The fourth-order valence-electron chi connectivity index (χ4n) is 3.90. The van der Waals surface area contributed by atoms with E-state index in [4.69, 9.17) is 0 Å². The highest BCUT2D eigenvalue weighted by Gasteiger charge is 2.23. The summed E-state index contributed by atoms with van der Waals surface area (Å²) in [5.74, 6) is -0.118. The first kappa shape index (κ1) is 24.6. The highest BCUT2D eigenvalue weighted by Crippen LogP contribution is 2.38. The van der Waals surface area contributed by atoms with E-state index in [0.29, 0.717) is 6.42 Å². The van der Waals surface area contributed by atoms with E-state index in [1.165, 1.54) is 11.8 Å². The zero-order valence-corrected chi connectivity index (χ0v) is 21.1. The molecule has 0 radical (unpaired) electrons. The van der Waals surface area contributed by atoms with Crippen LogP contribution in [-0.4, -0.2) is 11.8 Å². The van der Waals surface area contributed by atoms with Gasteiger partial charge in [-0.25, -0.2) is 0 Å². The predicted octanol–water partition coefficient (Wildman–Crippen LogP) is 7.69. The van der Waals surface area contributed by atoms with Gasteiger partial charge in [0.1, 0.15) is 5.25 Å². The van der Waals surface area contributed by atoms with E-state index < -0.39 is 5.25 Å². The van der Waals surface area contributed by atoms with Crippen LogP contribution in [0.5, 0.6) is 0 Å². The van der Waals surface area contributed by atoms with Gasteiger partial charge >= 0.3 is 0 Å². The van der Waals surface area contributed by atoms with Gasteiger partial charge in [-0.15, -0.1) is 11.8 Å². The number of amides is 2. The Morgan fingerprint density at radius 2 is 1.49 bits per heavy atom. The molecule has 0 aliphatic heterocycles. The number of rotatable bonds is 7. The van der Waals surface area contributed by atoms with E-state index in [2.05, 4.69) is 10.6 Å². The largest absolute Gasteiger partial charge is 0.326 e. The third-order valence-electron chi connectivity index (χ3n) is 5.45. The van der Waals surface area contributed by atoms with Gasteiger partial charge in [0.2, 0.25) is 11.8 Å². The van der Waals surface area contributed by atoms with Crippen molar-refractivity contribution in [1.29, 1.82) is 0 Å². The molecule has 0 spiro atoms. The fourth-order valence-corrected chi connectivity index (χ4v) is 4.99. The summed E-state index contributed by atoms with van der Waals surface area (Å²) in [7, 11) is 0. The number of anilines is 2. The Morgan fingerprint density at radius 3 is 2.26 bits per heavy atom. The van der Waals surface area contributed by atoms with Gasteiger partial charge in [-0.2, -0.15) is 0 Å². The van der Waals surface area contributed by atoms with Gasteiger partial charge in [0, 0.05) is 28.1 Å². The topological polar surface area (TPSA) is 58.2 Å². The molecule has 0 heterocycles. The number of carbonyl (C=O) groups excluding carboxylic acids is 2. The van der Waals surface area contributed by atoms with E-state index in [1.807, 2.05) is 118 Å². The number of nitrogens with one attached hydrogen (secondary N) is 2. The lowest BCUT2D eigenvalue weighted by molar-refractivity contribution is -0.118. The quantitative estimate of drug-likeness (QED) is 0.266. The molecule has 178 valence electrons. The maximum absolute atomic E-state index is 13.6. The van der Waals surface area contributed by atoms with Gasteiger partial charge in [0.15, 0.2) is 0 Å². The lowest BCUT2D eigenvalue weighted by Crippen LogP contribution is -2.20. The second kappa shape index (κ2) is 10.8. The van der Waals surface area contributed by atoms with Gasteiger partial charge in [-0.1, -0.05) is 93.6 Å². The van der Waals surface area contributed by atoms with Gasteiger partial charge in [0.05, 0.1) is 0 Å². The molecule has 4 nitrogen and oxygen atoms in total. The average molecular weight is 483 g/mol. The maximum Gasteiger partial charge on any atom is 0.242 e. The van der Waals surface area contributed by atoms with Crippen LogP contribution in [0.25, 0.3) is 10.8 Å². The lowest BCUT2D eigenvalue weighted by atomic mass is 9.92. The summed E-state index contributed by atoms with van der Waals surface area (Å²) in [6.07, 6.45) is 0.435. The van der Waals surface area contributed by atoms with Crippen LogP contribution in [0.3, 0.4) is 0 Å². The number of carbonyl (C=O) groups is 2. The molecule has 0 saturated heterocycles. The van der Waals surface area contributed by atoms with Crippen LogP contribution in [0.1, 0.15) is 38.0 Å². The molecule has 1 unspecified atom stereocenters. The van der Waals surface area contributed by atoms with Crippen LogP contribution in [0, 0.1) is 5.41 Å². The highest BCUT2D eigenvalue weighted by atomic mass is 32.2. The molecule has 5 heteroatoms. The van der Waals surface area contributed by atoms with E-state index in [9.17, 15) is 9.59 Å². The summed E-state index contributed by atoms with van der Waals surface area (Å²) in [5.41, 5.74) is 2.34. The molecule has 35 heavy (non-hydrogen) atoms. The van der Waals surface area contributed by atoms with Crippen molar-refractivity contribution in [3.63, 3.8) is 0 Å². The monoisotopic (exact) mass is 482 g/mol. The molecule has 1 atom stereocenters. The normalized spacial score (nSPS) is 12.2. The third-order valence-corrected chi connectivity index (χ3v) is 6.70. The third kappa shape index (κ3) is 6.74. The van der Waals surface area contributed by atoms with Crippen molar-refractivity contribution in [2.45, 2.75) is 37.3 Å². The second-order valence-corrected chi connectivity index (χ2v) is 10.9. The van der Waals surface area contributed by atoms with Crippen molar-refractivity contribution < 1.29 is 9.59 Å². The van der Waals surface area contributed by atoms with Gasteiger partial charge in [0.25, 0.3) is 0 Å². The van der Waals surface area contributed by atoms with Gasteiger partial charge < -0.3 is 10.6 Å². The van der Waals surface area contributed by atoms with Crippen LogP contribution < -0.4 is 10.6 Å². The Bertz CT molecular complexity index is 1320. The number of hydrogen-bond donors (Lipinski definition) is 2. The Morgan fingerprint density at radius 1 is 0.800 bits per heavy atom. The van der Waals surface area contributed by atoms with Crippen molar-refractivity contribution in [3.05, 3.63) is 103 Å². The van der Waals surface area contributed by atoms with Crippen LogP contribution in [0.4, 0.5) is 11.4 Å². The molecule has 4 rings (SSSR count). The summed E-state index contributed by atoms with van der Waals surface area (Å²) in [4.78, 5) is 26.9. The Labute approximate surface area is 211 Å². The van der Waals surface area contributed by atoms with Crippen LogP contribution in [0.2, 0.25) is 0 Å². The summed E-state index contributed by atoms with van der Waals surface area (Å²) < 4.78 is 0. The van der Waals surface area contributed by atoms with Crippen LogP contribution >= 0.6 is 11.8 Å². The van der Waals surface area contributed by atoms with Crippen molar-refractivity contribution in [1.82, 2.24) is 0 Å². The maximum atomic E-state index is 13.6. The van der Waals surface area contributed by atoms with Crippen molar-refractivity contribution in [3.8, 4) is 0 Å². The second-order valence-electron chi connectivity index (χ2n) is 9.74. The first-order valence-electron chi connectivity index (χ1n) is 11.7. The van der Waals surface area contributed by atoms with Crippen LogP contribution in [0.15, 0.2) is 102 Å². The molecular weight excluding hydrogens is 452 g/mol. The number of hydrogen-bond acceptors (Lipinski definition) is 3. The first-order chi connectivity index (χ1) is 16.8. The minimum atomic E-state index is -0.462. The molecule has 0 aliphatic rings. The molecule has 0 bridgehead atoms. The zero-order valence-electron chi connectivity index (χ0n) is 20.2. The average Bonchev–Trinajstić information content (AvgIpc) is 2.82. The molecular formula is C30H30N2O2S. The molecule has 0 aliphatic carbocycles. The molecule has 4 aromatic carbocycles. The molecule has 0 saturated carbocycles. The van der Waals surface area contributed by atoms with E-state index in [0.717, 1.165) is 32.6 Å². The van der Waals surface area contributed by atoms with Gasteiger partial charge in [-0.05, 0) is 40.6 Å². The van der Waals surface area contributed by atoms with Crippen molar-refractivity contribution in [2.24, 2.45) is 5.41 Å². The highest BCUT2D eigenvalue weighted by molar-refractivity contribution is 8.00. The van der Waals surface area contributed by atoms with Gasteiger partial charge in [-0.3, -0.25) is 9.59 Å². The predicted molar refractivity (Wildman–Crippen MR) is 147 cm³/mol. The Hall–Kier alpha value is -3.57. The molecule has 0 aromatic heterocycles. The van der Waals surface area contributed by atoms with E-state index in [-0.39, 0.29) is 17.2 Å². The SMILES string of the molecule is CC(C)(C)CC(=O)Nc1cccc(SC(C(=O)Nc2cccc3ccccc23)c2ccccc2)c1. The minimum Gasteiger partial charge on any atom is -0.326 e. The zero-order chi connectivity index (χ0) is 24.8. The lowest BCUT2D eigenvalue weighted by Gasteiger charge is -2.19. The first-order valence-corrected chi connectivity index (χ1v) is 12.6. The number of fused-ring (bicyclic) bond motifs is 1. The number of thioether (sulfide) groups is 1. The molecule has 4 aromatic rings. The smallest absolute Gasteiger partial charge is 0.242 e. The summed E-state index contributed by atoms with van der Waals surface area (Å²) in [6.45, 7) is 6.12. The molecule has 0 fully saturated rings.